The highest BCUT2D eigenvalue weighted by molar-refractivity contribution is 5.95. The molecule has 46 heavy (non-hydrogen) atoms. The molecule has 0 saturated heterocycles. The summed E-state index contributed by atoms with van der Waals surface area (Å²) in [6.07, 6.45) is 0.623. The van der Waals surface area contributed by atoms with Gasteiger partial charge in [0.2, 0.25) is 23.5 Å². The Morgan fingerprint density at radius 2 is 1.59 bits per heavy atom. The number of nitro groups is 1. The van der Waals surface area contributed by atoms with Crippen molar-refractivity contribution in [2.24, 2.45) is 17.6 Å². The van der Waals surface area contributed by atoms with Crippen LogP contribution in [0.3, 0.4) is 0 Å². The lowest BCUT2D eigenvalue weighted by Gasteiger charge is -2.31. The molecular weight excluding hydrogens is 607 g/mol. The largest absolute Gasteiger partial charge is 0.349 e. The molecule has 0 aliphatic carbocycles. The van der Waals surface area contributed by atoms with Crippen molar-refractivity contribution >= 4 is 29.3 Å². The molecule has 0 bridgehead atoms. The first-order chi connectivity index (χ1) is 21.3. The van der Waals surface area contributed by atoms with Crippen molar-refractivity contribution in [3.05, 3.63) is 72.3 Å². The van der Waals surface area contributed by atoms with E-state index in [4.69, 9.17) is 5.73 Å². The van der Waals surface area contributed by atoms with Gasteiger partial charge in [-0.1, -0.05) is 39.8 Å². The molecule has 0 saturated carbocycles. The molecule has 1 aromatic heterocycles. The molecule has 252 valence electrons. The number of aromatic nitrogens is 2. The number of non-ortho nitro benzene ring substituents is 1. The molecule has 2 rings (SSSR count). The molecule has 0 spiro atoms. The van der Waals surface area contributed by atoms with E-state index in [9.17, 15) is 43.3 Å². The number of halogens is 1. The van der Waals surface area contributed by atoms with Gasteiger partial charge >= 0.3 is 5.69 Å². The van der Waals surface area contributed by atoms with Gasteiger partial charge in [0.25, 0.3) is 17.2 Å². The molecule has 8 N–H and O–H groups in total. The molecule has 0 fully saturated rings. The molecule has 4 amide bonds. The molecule has 3 atom stereocenters. The third-order valence-corrected chi connectivity index (χ3v) is 6.77. The van der Waals surface area contributed by atoms with Crippen molar-refractivity contribution < 1.29 is 28.5 Å². The predicted molar refractivity (Wildman–Crippen MR) is 165 cm³/mol. The summed E-state index contributed by atoms with van der Waals surface area (Å²) in [5.41, 5.74) is 2.33. The van der Waals surface area contributed by atoms with E-state index in [0.717, 1.165) is 5.56 Å². The minimum Gasteiger partial charge on any atom is -0.349 e. The Hall–Kier alpha value is -4.93. The van der Waals surface area contributed by atoms with Crippen molar-refractivity contribution in [1.29, 1.82) is 0 Å². The summed E-state index contributed by atoms with van der Waals surface area (Å²) >= 11 is 0. The van der Waals surface area contributed by atoms with Gasteiger partial charge in [-0.3, -0.25) is 39.1 Å². The fourth-order valence-electron chi connectivity index (χ4n) is 4.48. The Labute approximate surface area is 263 Å². The van der Waals surface area contributed by atoms with Crippen LogP contribution in [-0.4, -0.2) is 68.7 Å². The van der Waals surface area contributed by atoms with Gasteiger partial charge in [-0.2, -0.15) is 4.39 Å². The van der Waals surface area contributed by atoms with Crippen molar-refractivity contribution in [2.75, 3.05) is 6.54 Å². The van der Waals surface area contributed by atoms with E-state index in [0.29, 0.717) is 6.42 Å². The first kappa shape index (κ1) is 37.3. The first-order valence-corrected chi connectivity index (χ1v) is 14.5. The molecule has 0 unspecified atom stereocenters. The number of amides is 4. The van der Waals surface area contributed by atoms with Gasteiger partial charge in [-0.15, -0.1) is 0 Å². The molecule has 0 radical (unpaired) electrons. The summed E-state index contributed by atoms with van der Waals surface area (Å²) in [6, 6.07) is 2.45. The van der Waals surface area contributed by atoms with Crippen LogP contribution < -0.4 is 38.2 Å². The average molecular weight is 649 g/mol. The maximum absolute atomic E-state index is 14.0. The highest BCUT2D eigenvalue weighted by Gasteiger charge is 2.32. The summed E-state index contributed by atoms with van der Waals surface area (Å²) in [6.45, 7) is 10.1. The molecule has 1 aromatic carbocycles. The summed E-state index contributed by atoms with van der Waals surface area (Å²) < 4.78 is 14.0. The third kappa shape index (κ3) is 10.9. The summed E-state index contributed by atoms with van der Waals surface area (Å²) in [4.78, 5) is 88.5. The number of nitrogens with two attached hydrogens (primary N) is 1. The Morgan fingerprint density at radius 3 is 2.13 bits per heavy atom. The highest BCUT2D eigenvalue weighted by Crippen LogP contribution is 2.18. The zero-order chi connectivity index (χ0) is 34.9. The number of hydrogen-bond acceptors (Lipinski definition) is 9. The van der Waals surface area contributed by atoms with Gasteiger partial charge in [0, 0.05) is 24.2 Å². The number of rotatable bonds is 15. The van der Waals surface area contributed by atoms with E-state index in [1.807, 2.05) is 18.8 Å². The summed E-state index contributed by atoms with van der Waals surface area (Å²) in [7, 11) is 0. The fourth-order valence-corrected chi connectivity index (χ4v) is 4.48. The van der Waals surface area contributed by atoms with E-state index in [2.05, 4.69) is 21.3 Å². The van der Waals surface area contributed by atoms with Crippen LogP contribution in [0.15, 0.2) is 33.9 Å². The van der Waals surface area contributed by atoms with Gasteiger partial charge in [0.05, 0.1) is 4.92 Å². The van der Waals surface area contributed by atoms with Crippen LogP contribution in [0.2, 0.25) is 0 Å². The SMILES string of the molecule is CC(C)C[C@H](NC(=O)[C@@H](NC(=O)[C@@H](N)CNC(=O)c1[nH]c(=O)[nH]c(=O)c1F)C(C)C)C(=O)NC(C)(C)Cc1ccc([N+](=O)[O-])cc1. The van der Waals surface area contributed by atoms with E-state index in [1.165, 1.54) is 12.1 Å². The number of nitro benzene ring substituents is 1. The van der Waals surface area contributed by atoms with E-state index >= 15 is 0 Å². The van der Waals surface area contributed by atoms with E-state index in [-0.39, 0.29) is 18.0 Å². The molecule has 2 aromatic rings. The van der Waals surface area contributed by atoms with Gasteiger partial charge in [0.1, 0.15) is 23.8 Å². The van der Waals surface area contributed by atoms with Crippen molar-refractivity contribution in [3.8, 4) is 0 Å². The number of carbonyl (C=O) groups is 4. The lowest BCUT2D eigenvalue weighted by atomic mass is 9.93. The second-order valence-electron chi connectivity index (χ2n) is 12.3. The van der Waals surface area contributed by atoms with Crippen LogP contribution in [0.25, 0.3) is 0 Å². The van der Waals surface area contributed by atoms with Gasteiger partial charge < -0.3 is 32.0 Å². The molecule has 1 heterocycles. The predicted octanol–water partition coefficient (Wildman–Crippen LogP) is -0.0232. The lowest BCUT2D eigenvalue weighted by Crippen LogP contribution is -2.60. The number of hydrogen-bond donors (Lipinski definition) is 7. The van der Waals surface area contributed by atoms with Crippen LogP contribution in [0.4, 0.5) is 10.1 Å². The van der Waals surface area contributed by atoms with Crippen molar-refractivity contribution in [2.45, 2.75) is 78.0 Å². The van der Waals surface area contributed by atoms with Crippen LogP contribution in [0.1, 0.15) is 64.0 Å². The summed E-state index contributed by atoms with van der Waals surface area (Å²) in [5, 5.41) is 21.2. The Bertz CT molecular complexity index is 1550. The molecule has 0 aliphatic heterocycles. The Kier molecular flexibility index (Phi) is 12.9. The number of H-pyrrole nitrogens is 2. The Morgan fingerprint density at radius 1 is 0.978 bits per heavy atom. The van der Waals surface area contributed by atoms with Crippen molar-refractivity contribution in [1.82, 2.24) is 31.2 Å². The first-order valence-electron chi connectivity index (χ1n) is 14.5. The maximum atomic E-state index is 14.0. The van der Waals surface area contributed by atoms with Crippen LogP contribution in [0, 0.1) is 27.8 Å². The number of aromatic amines is 2. The summed E-state index contributed by atoms with van der Waals surface area (Å²) in [5.74, 6) is -5.14. The molecule has 17 heteroatoms. The number of carbonyl (C=O) groups excluding carboxylic acids is 4. The van der Waals surface area contributed by atoms with E-state index < -0.39 is 87.4 Å². The van der Waals surface area contributed by atoms with Gasteiger partial charge in [-0.05, 0) is 44.1 Å². The standard InChI is InChI=1S/C29H41FN8O8/c1-14(2)11-19(24(40)37-29(5,6)12-16-7-9-17(10-8-16)38(45)46)33-27(43)21(15(3)4)34-23(39)18(31)13-32-26(42)22-20(30)25(41)36-28(44)35-22/h7-10,14-15,18-19,21H,11-13,31H2,1-6H3,(H,32,42)(H,33,43)(H,34,39)(H,37,40)(H2,35,36,41,44)/t18-,19-,21-/m0/s1. The van der Waals surface area contributed by atoms with Crippen LogP contribution in [0.5, 0.6) is 0 Å². The monoisotopic (exact) mass is 648 g/mol. The van der Waals surface area contributed by atoms with Crippen LogP contribution in [-0.2, 0) is 20.8 Å². The Balaban J connectivity index is 2.07. The zero-order valence-corrected chi connectivity index (χ0v) is 26.5. The van der Waals surface area contributed by atoms with Gasteiger partial charge in [-0.25, -0.2) is 4.79 Å². The molecule has 16 nitrogen and oxygen atoms in total. The topological polar surface area (TPSA) is 251 Å². The minimum absolute atomic E-state index is 0.00191. The number of nitrogens with zero attached hydrogens (tertiary/aromatic N) is 1. The average Bonchev–Trinajstić information content (AvgIpc) is 2.94. The highest BCUT2D eigenvalue weighted by atomic mass is 19.1. The normalized spacial score (nSPS) is 13.4. The minimum atomic E-state index is -1.53. The quantitative estimate of drug-likeness (QED) is 0.101. The number of nitrogens with one attached hydrogen (secondary N) is 6. The second-order valence-corrected chi connectivity index (χ2v) is 12.3. The third-order valence-electron chi connectivity index (χ3n) is 6.77. The van der Waals surface area contributed by atoms with Gasteiger partial charge in [0.15, 0.2) is 0 Å². The zero-order valence-electron chi connectivity index (χ0n) is 26.5. The lowest BCUT2D eigenvalue weighted by molar-refractivity contribution is -0.384. The second kappa shape index (κ2) is 15.9. The van der Waals surface area contributed by atoms with E-state index in [1.54, 1.807) is 44.8 Å². The molecular formula is C29H41FN8O8. The van der Waals surface area contributed by atoms with Crippen molar-refractivity contribution in [3.63, 3.8) is 0 Å². The fraction of sp³-hybridized carbons (Fsp3) is 0.517. The smallest absolute Gasteiger partial charge is 0.326 e. The maximum Gasteiger partial charge on any atom is 0.326 e. The van der Waals surface area contributed by atoms with Crippen LogP contribution >= 0.6 is 0 Å². The number of benzene rings is 1. The molecule has 0 aliphatic rings.